The van der Waals surface area contributed by atoms with E-state index >= 15 is 0 Å². The van der Waals surface area contributed by atoms with E-state index in [1.807, 2.05) is 6.07 Å². The van der Waals surface area contributed by atoms with Gasteiger partial charge in [0.15, 0.2) is 11.6 Å². The molecule has 4 atom stereocenters. The molecule has 0 aromatic heterocycles. The average molecular weight is 578 g/mol. The van der Waals surface area contributed by atoms with Crippen molar-refractivity contribution in [2.45, 2.75) is 12.1 Å². The van der Waals surface area contributed by atoms with Crippen LogP contribution in [-0.2, 0) is 9.59 Å². The molecular formula is C30H19Cl3N2O4. The predicted octanol–water partition coefficient (Wildman–Crippen LogP) is 6.02. The molecule has 3 aliphatic heterocycles. The molecule has 3 aromatic carbocycles. The zero-order valence-corrected chi connectivity index (χ0v) is 22.4. The van der Waals surface area contributed by atoms with Crippen molar-refractivity contribution in [2.24, 2.45) is 11.8 Å². The number of carbonyl (C=O) groups excluding carboxylic acids is 4. The van der Waals surface area contributed by atoms with E-state index in [2.05, 4.69) is 0 Å². The highest BCUT2D eigenvalue weighted by atomic mass is 35.5. The first-order chi connectivity index (χ1) is 18.8. The molecule has 6 rings (SSSR count). The van der Waals surface area contributed by atoms with Gasteiger partial charge in [-0.25, -0.2) is 4.90 Å². The van der Waals surface area contributed by atoms with E-state index in [0.717, 1.165) is 4.90 Å². The first kappa shape index (κ1) is 25.6. The lowest BCUT2D eigenvalue weighted by molar-refractivity contribution is -0.123. The lowest BCUT2D eigenvalue weighted by atomic mass is 9.85. The fourth-order valence-electron chi connectivity index (χ4n) is 5.64. The molecule has 0 aliphatic carbocycles. The van der Waals surface area contributed by atoms with Crippen LogP contribution in [0.1, 0.15) is 20.7 Å². The standard InChI is InChI=1S/C30H19Cl3N2O4/c31-19-8-6-17(7-9-19)28(37)26-25-24(29(38)35(30(25)39)22-11-10-20(32)15-21(22)33)23-14-18(12-13-34(23)26)27(36)16-4-2-1-3-5-16/h1-15,23-26H/t23-,24+,25-,26-/m1/s1. The fraction of sp³-hybridized carbons (Fsp3) is 0.133. The van der Waals surface area contributed by atoms with Crippen molar-refractivity contribution in [1.29, 1.82) is 0 Å². The summed E-state index contributed by atoms with van der Waals surface area (Å²) < 4.78 is 0. The number of ketones is 2. The summed E-state index contributed by atoms with van der Waals surface area (Å²) in [4.78, 5) is 57.7. The molecule has 0 bridgehead atoms. The number of imide groups is 1. The molecule has 3 heterocycles. The summed E-state index contributed by atoms with van der Waals surface area (Å²) in [7, 11) is 0. The number of carbonyl (C=O) groups is 4. The Morgan fingerprint density at radius 3 is 2.10 bits per heavy atom. The van der Waals surface area contributed by atoms with Crippen molar-refractivity contribution in [1.82, 2.24) is 4.90 Å². The van der Waals surface area contributed by atoms with Gasteiger partial charge in [-0.05, 0) is 48.5 Å². The van der Waals surface area contributed by atoms with Crippen LogP contribution < -0.4 is 4.90 Å². The Morgan fingerprint density at radius 1 is 0.744 bits per heavy atom. The smallest absolute Gasteiger partial charge is 0.240 e. The van der Waals surface area contributed by atoms with Crippen LogP contribution in [0.3, 0.4) is 0 Å². The second-order valence-corrected chi connectivity index (χ2v) is 10.8. The first-order valence-corrected chi connectivity index (χ1v) is 13.3. The van der Waals surface area contributed by atoms with Crippen LogP contribution in [0.5, 0.6) is 0 Å². The normalized spacial score (nSPS) is 23.5. The second kappa shape index (κ2) is 9.79. The summed E-state index contributed by atoms with van der Waals surface area (Å²) in [6.45, 7) is 0. The molecular weight excluding hydrogens is 559 g/mol. The van der Waals surface area contributed by atoms with Crippen molar-refractivity contribution >= 4 is 63.9 Å². The van der Waals surface area contributed by atoms with Gasteiger partial charge in [-0.15, -0.1) is 0 Å². The number of benzene rings is 3. The molecule has 2 saturated heterocycles. The number of rotatable bonds is 5. The molecule has 0 N–H and O–H groups in total. The third kappa shape index (κ3) is 4.20. The highest BCUT2D eigenvalue weighted by molar-refractivity contribution is 6.38. The molecule has 0 saturated carbocycles. The number of halogens is 3. The molecule has 2 fully saturated rings. The lowest BCUT2D eigenvalue weighted by Gasteiger charge is -2.33. The molecule has 3 aliphatic rings. The van der Waals surface area contributed by atoms with Gasteiger partial charge in [0.2, 0.25) is 11.8 Å². The summed E-state index contributed by atoms with van der Waals surface area (Å²) in [5, 5.41) is 0.962. The minimum Gasteiger partial charge on any atom is -0.359 e. The SMILES string of the molecule is O=C(C1=C[C@@H]2[C@@H]3C(=O)N(c4ccc(Cl)cc4Cl)C(=O)[C@H]3[C@H](C(=O)c3ccc(Cl)cc3)N2C=C1)c1ccccc1. The maximum atomic E-state index is 13.9. The molecule has 0 spiro atoms. The van der Waals surface area contributed by atoms with Crippen molar-refractivity contribution in [3.63, 3.8) is 0 Å². The zero-order valence-electron chi connectivity index (χ0n) is 20.1. The van der Waals surface area contributed by atoms with Crippen LogP contribution in [0.4, 0.5) is 5.69 Å². The minimum absolute atomic E-state index is 0.139. The van der Waals surface area contributed by atoms with Crippen molar-refractivity contribution < 1.29 is 19.2 Å². The maximum Gasteiger partial charge on any atom is 0.240 e. The highest BCUT2D eigenvalue weighted by Gasteiger charge is 2.63. The summed E-state index contributed by atoms with van der Waals surface area (Å²) in [6, 6.07) is 18.0. The summed E-state index contributed by atoms with van der Waals surface area (Å²) in [6.07, 6.45) is 4.94. The van der Waals surface area contributed by atoms with Gasteiger partial charge in [-0.2, -0.15) is 0 Å². The number of anilines is 1. The largest absolute Gasteiger partial charge is 0.359 e. The topological polar surface area (TPSA) is 74.8 Å². The molecule has 0 unspecified atom stereocenters. The molecule has 39 heavy (non-hydrogen) atoms. The quantitative estimate of drug-likeness (QED) is 0.274. The van der Waals surface area contributed by atoms with Crippen LogP contribution in [0.25, 0.3) is 0 Å². The van der Waals surface area contributed by atoms with Gasteiger partial charge in [0.1, 0.15) is 6.04 Å². The zero-order chi connectivity index (χ0) is 27.4. The van der Waals surface area contributed by atoms with E-state index in [4.69, 9.17) is 34.8 Å². The summed E-state index contributed by atoms with van der Waals surface area (Å²) in [5.74, 6) is -3.48. The molecule has 3 aromatic rings. The van der Waals surface area contributed by atoms with Crippen LogP contribution in [0.2, 0.25) is 15.1 Å². The Bertz CT molecular complexity index is 1600. The van der Waals surface area contributed by atoms with E-state index in [0.29, 0.717) is 26.7 Å². The third-order valence-electron chi connectivity index (χ3n) is 7.39. The van der Waals surface area contributed by atoms with Gasteiger partial charge in [0.25, 0.3) is 0 Å². The summed E-state index contributed by atoms with van der Waals surface area (Å²) in [5.41, 5.74) is 1.43. The first-order valence-electron chi connectivity index (χ1n) is 12.2. The van der Waals surface area contributed by atoms with Gasteiger partial charge in [0.05, 0.1) is 28.6 Å². The Kier molecular flexibility index (Phi) is 6.42. The summed E-state index contributed by atoms with van der Waals surface area (Å²) >= 11 is 18.5. The van der Waals surface area contributed by atoms with Crippen molar-refractivity contribution in [2.75, 3.05) is 4.90 Å². The number of hydrogen-bond donors (Lipinski definition) is 0. The van der Waals surface area contributed by atoms with E-state index in [-0.39, 0.29) is 22.3 Å². The average Bonchev–Trinajstić information content (AvgIpc) is 3.40. The monoisotopic (exact) mass is 576 g/mol. The number of amides is 2. The molecule has 0 radical (unpaired) electrons. The number of hydrogen-bond acceptors (Lipinski definition) is 5. The molecule has 2 amide bonds. The number of fused-ring (bicyclic) bond motifs is 3. The highest BCUT2D eigenvalue weighted by Crippen LogP contribution is 2.48. The van der Waals surface area contributed by atoms with Crippen LogP contribution >= 0.6 is 34.8 Å². The second-order valence-electron chi connectivity index (χ2n) is 9.55. The third-order valence-corrected chi connectivity index (χ3v) is 8.18. The number of Topliss-reactive ketones (excluding diaryl/α,β-unsaturated/α-hetero) is 2. The Balaban J connectivity index is 1.44. The van der Waals surface area contributed by atoms with E-state index < -0.39 is 35.7 Å². The Hall–Kier alpha value is -3.71. The maximum absolute atomic E-state index is 13.9. The van der Waals surface area contributed by atoms with Gasteiger partial charge in [0, 0.05) is 32.9 Å². The van der Waals surface area contributed by atoms with Crippen molar-refractivity contribution in [3.8, 4) is 0 Å². The number of nitrogens with zero attached hydrogens (tertiary/aromatic N) is 2. The molecule has 6 nitrogen and oxygen atoms in total. The van der Waals surface area contributed by atoms with E-state index in [9.17, 15) is 19.2 Å². The van der Waals surface area contributed by atoms with Gasteiger partial charge < -0.3 is 4.90 Å². The molecule has 194 valence electrons. The lowest BCUT2D eigenvalue weighted by Crippen LogP contribution is -2.46. The van der Waals surface area contributed by atoms with Crippen LogP contribution in [0, 0.1) is 11.8 Å². The minimum atomic E-state index is -0.996. The van der Waals surface area contributed by atoms with E-state index in [1.54, 1.807) is 77.8 Å². The number of allylic oxidation sites excluding steroid dienone is 2. The van der Waals surface area contributed by atoms with Gasteiger partial charge >= 0.3 is 0 Å². The fourth-order valence-corrected chi connectivity index (χ4v) is 6.26. The van der Waals surface area contributed by atoms with Gasteiger partial charge in [-0.1, -0.05) is 71.2 Å². The Morgan fingerprint density at radius 2 is 1.41 bits per heavy atom. The molecule has 9 heteroatoms. The van der Waals surface area contributed by atoms with Crippen LogP contribution in [-0.4, -0.2) is 40.4 Å². The van der Waals surface area contributed by atoms with E-state index in [1.165, 1.54) is 12.1 Å². The predicted molar refractivity (Wildman–Crippen MR) is 149 cm³/mol. The van der Waals surface area contributed by atoms with Gasteiger partial charge in [-0.3, -0.25) is 19.2 Å². The van der Waals surface area contributed by atoms with Crippen LogP contribution in [0.15, 0.2) is 96.7 Å². The van der Waals surface area contributed by atoms with Crippen molar-refractivity contribution in [3.05, 3.63) is 123 Å². The Labute approximate surface area is 239 Å².